The first-order chi connectivity index (χ1) is 23.5. The van der Waals surface area contributed by atoms with Crippen LogP contribution in [0.25, 0.3) is 45.3 Å². The van der Waals surface area contributed by atoms with Gasteiger partial charge in [0.05, 0.1) is 45.3 Å². The van der Waals surface area contributed by atoms with Crippen LogP contribution in [0, 0.1) is 0 Å². The summed E-state index contributed by atoms with van der Waals surface area (Å²) < 4.78 is 0. The Morgan fingerprint density at radius 3 is 1.55 bits per heavy atom. The van der Waals surface area contributed by atoms with Crippen LogP contribution in [0.4, 0.5) is 11.6 Å². The molecule has 4 heterocycles. The van der Waals surface area contributed by atoms with Crippen molar-refractivity contribution in [2.45, 2.75) is 26.7 Å². The van der Waals surface area contributed by atoms with Gasteiger partial charge in [0.15, 0.2) is 0 Å². The number of nitrogens with zero attached hydrogens (tertiary/aromatic N) is 4. The Hall–Kier alpha value is -5.72. The number of amides is 2. The molecule has 0 radical (unpaired) electrons. The second-order valence-corrected chi connectivity index (χ2v) is 11.7. The van der Waals surface area contributed by atoms with Crippen LogP contribution in [0.2, 0.25) is 10.0 Å². The van der Waals surface area contributed by atoms with E-state index in [9.17, 15) is 9.59 Å². The molecule has 0 saturated carbocycles. The van der Waals surface area contributed by atoms with Crippen LogP contribution >= 0.6 is 23.2 Å². The summed E-state index contributed by atoms with van der Waals surface area (Å²) in [4.78, 5) is 47.0. The van der Waals surface area contributed by atoms with Crippen LogP contribution in [0.5, 0.6) is 0 Å². The van der Waals surface area contributed by atoms with E-state index in [1.165, 1.54) is 12.7 Å². The maximum absolute atomic E-state index is 12.4. The maximum atomic E-state index is 12.4. The molecule has 250 valence electrons. The zero-order valence-electron chi connectivity index (χ0n) is 26.9. The lowest BCUT2D eigenvalue weighted by Crippen LogP contribution is -2.18. The van der Waals surface area contributed by atoms with Gasteiger partial charge in [0.2, 0.25) is 0 Å². The van der Waals surface area contributed by atoms with Crippen molar-refractivity contribution in [2.75, 3.05) is 18.5 Å². The topological polar surface area (TPSA) is 207 Å². The number of primary amides is 1. The van der Waals surface area contributed by atoms with Gasteiger partial charge < -0.3 is 32.5 Å². The first-order valence-electron chi connectivity index (χ1n) is 15.2. The molecule has 0 atom stereocenters. The Labute approximate surface area is 292 Å². The van der Waals surface area contributed by atoms with Gasteiger partial charge in [-0.15, -0.1) is 0 Å². The first-order valence-corrected chi connectivity index (χ1v) is 16.0. The SMILES string of the molecule is CCc1ccc(Cl)cc1-c1[nH]c(-c2cc(N)ncn2)cc1C(=O)NC.CCc1ccc(Cl)cc1-c1[nH]c(-c2cc(N)ncn2)cc1C(N)=O. The molecule has 49 heavy (non-hydrogen) atoms. The highest BCUT2D eigenvalue weighted by Crippen LogP contribution is 2.34. The minimum Gasteiger partial charge on any atom is -0.384 e. The van der Waals surface area contributed by atoms with Crippen molar-refractivity contribution in [3.63, 3.8) is 0 Å². The van der Waals surface area contributed by atoms with Gasteiger partial charge in [-0.05, 0) is 60.4 Å². The molecular formula is C35H34Cl2N10O2. The number of nitrogen functional groups attached to an aromatic ring is 2. The Kier molecular flexibility index (Phi) is 10.6. The molecule has 9 N–H and O–H groups in total. The molecule has 0 aliphatic carbocycles. The van der Waals surface area contributed by atoms with E-state index in [1.54, 1.807) is 31.3 Å². The summed E-state index contributed by atoms with van der Waals surface area (Å²) in [5, 5.41) is 3.86. The number of aryl methyl sites for hydroxylation is 2. The molecule has 0 aliphatic heterocycles. The lowest BCUT2D eigenvalue weighted by molar-refractivity contribution is 0.0962. The van der Waals surface area contributed by atoms with Crippen LogP contribution < -0.4 is 22.5 Å². The first kappa shape index (κ1) is 34.6. The predicted octanol–water partition coefficient (Wildman–Crippen LogP) is 6.33. The molecule has 2 aromatic carbocycles. The summed E-state index contributed by atoms with van der Waals surface area (Å²) in [5.74, 6) is -0.0217. The van der Waals surface area contributed by atoms with Gasteiger partial charge >= 0.3 is 0 Å². The highest BCUT2D eigenvalue weighted by atomic mass is 35.5. The quantitative estimate of drug-likeness (QED) is 0.106. The van der Waals surface area contributed by atoms with Gasteiger partial charge in [-0.3, -0.25) is 9.59 Å². The van der Waals surface area contributed by atoms with Crippen molar-refractivity contribution < 1.29 is 9.59 Å². The van der Waals surface area contributed by atoms with Gasteiger partial charge in [-0.1, -0.05) is 49.2 Å². The van der Waals surface area contributed by atoms with E-state index in [0.29, 0.717) is 67.0 Å². The summed E-state index contributed by atoms with van der Waals surface area (Å²) in [5.41, 5.74) is 25.6. The van der Waals surface area contributed by atoms with Gasteiger partial charge in [0.25, 0.3) is 11.8 Å². The van der Waals surface area contributed by atoms with E-state index < -0.39 is 5.91 Å². The number of hydrogen-bond acceptors (Lipinski definition) is 8. The molecule has 2 amide bonds. The van der Waals surface area contributed by atoms with E-state index in [-0.39, 0.29) is 5.91 Å². The third-order valence-electron chi connectivity index (χ3n) is 7.75. The van der Waals surface area contributed by atoms with E-state index in [2.05, 4.69) is 42.1 Å². The normalized spacial score (nSPS) is 10.7. The number of anilines is 2. The summed E-state index contributed by atoms with van der Waals surface area (Å²) in [6.45, 7) is 4.09. The molecule has 4 aromatic heterocycles. The monoisotopic (exact) mass is 696 g/mol. The van der Waals surface area contributed by atoms with E-state index in [0.717, 1.165) is 35.1 Å². The molecule has 6 aromatic rings. The van der Waals surface area contributed by atoms with Crippen molar-refractivity contribution in [2.24, 2.45) is 5.73 Å². The molecule has 12 nitrogen and oxygen atoms in total. The van der Waals surface area contributed by atoms with Crippen molar-refractivity contribution in [1.82, 2.24) is 35.2 Å². The third kappa shape index (κ3) is 7.72. The number of halogens is 2. The number of hydrogen-bond donors (Lipinski definition) is 6. The second kappa shape index (κ2) is 15.0. The minimum atomic E-state index is -0.531. The van der Waals surface area contributed by atoms with E-state index in [4.69, 9.17) is 40.4 Å². The molecule has 0 saturated heterocycles. The molecule has 6 rings (SSSR count). The standard InChI is InChI=1S/C18H18ClN5O.C17H16ClN5O/c1-3-10-4-5-11(19)6-12(10)17-13(18(25)21-2)7-15(24-17)14-8-16(20)23-9-22-14;1-2-9-3-4-10(18)5-11(9)16-12(17(20)24)6-14(23-16)13-7-15(19)22-8-21-13/h4-9,24H,3H2,1-2H3,(H,21,25)(H2,20,22,23);3-8,23H,2H2,1H3,(H2,20,24)(H2,19,21,22). The number of aromatic nitrogens is 6. The summed E-state index contributed by atoms with van der Waals surface area (Å²) in [6.07, 6.45) is 4.36. The number of aromatic amines is 2. The Balaban J connectivity index is 0.000000191. The number of benzene rings is 2. The zero-order chi connectivity index (χ0) is 35.2. The second-order valence-electron chi connectivity index (χ2n) is 10.9. The minimum absolute atomic E-state index is 0.193. The van der Waals surface area contributed by atoms with E-state index >= 15 is 0 Å². The zero-order valence-corrected chi connectivity index (χ0v) is 28.4. The molecule has 0 fully saturated rings. The fourth-order valence-corrected chi connectivity index (χ4v) is 5.68. The predicted molar refractivity (Wildman–Crippen MR) is 194 cm³/mol. The van der Waals surface area contributed by atoms with Gasteiger partial charge in [0.1, 0.15) is 24.3 Å². The average molecular weight is 698 g/mol. The summed E-state index contributed by atoms with van der Waals surface area (Å²) >= 11 is 12.3. The van der Waals surface area contributed by atoms with Gasteiger partial charge in [0, 0.05) is 40.4 Å². The van der Waals surface area contributed by atoms with Crippen LogP contribution in [0.3, 0.4) is 0 Å². The fourth-order valence-electron chi connectivity index (χ4n) is 5.34. The van der Waals surface area contributed by atoms with Crippen molar-refractivity contribution in [3.05, 3.63) is 106 Å². The molecular weight excluding hydrogens is 663 g/mol. The fraction of sp³-hybridized carbons (Fsp3) is 0.143. The van der Waals surface area contributed by atoms with Crippen molar-refractivity contribution in [3.8, 4) is 45.3 Å². The highest BCUT2D eigenvalue weighted by Gasteiger charge is 2.21. The van der Waals surface area contributed by atoms with Gasteiger partial charge in [-0.2, -0.15) is 0 Å². The summed E-state index contributed by atoms with van der Waals surface area (Å²) in [6, 6.07) is 18.0. The van der Waals surface area contributed by atoms with Crippen molar-refractivity contribution in [1.29, 1.82) is 0 Å². The molecule has 0 bridgehead atoms. The van der Waals surface area contributed by atoms with Crippen LogP contribution in [-0.4, -0.2) is 48.8 Å². The molecule has 14 heteroatoms. The van der Waals surface area contributed by atoms with E-state index in [1.807, 2.05) is 43.3 Å². The highest BCUT2D eigenvalue weighted by molar-refractivity contribution is 6.31. The largest absolute Gasteiger partial charge is 0.384 e. The number of rotatable bonds is 8. The Morgan fingerprint density at radius 2 is 1.14 bits per heavy atom. The maximum Gasteiger partial charge on any atom is 0.253 e. The van der Waals surface area contributed by atoms with Crippen LogP contribution in [0.15, 0.2) is 73.3 Å². The number of nitrogens with one attached hydrogen (secondary N) is 3. The number of H-pyrrole nitrogens is 2. The number of carbonyl (C=O) groups excluding carboxylic acids is 2. The van der Waals surface area contributed by atoms with Crippen LogP contribution in [0.1, 0.15) is 45.7 Å². The number of nitrogens with two attached hydrogens (primary N) is 3. The Bertz CT molecular complexity index is 2160. The Morgan fingerprint density at radius 1 is 0.694 bits per heavy atom. The molecule has 0 aliphatic rings. The summed E-state index contributed by atoms with van der Waals surface area (Å²) in [7, 11) is 1.60. The van der Waals surface area contributed by atoms with Crippen LogP contribution in [-0.2, 0) is 12.8 Å². The van der Waals surface area contributed by atoms with Crippen molar-refractivity contribution >= 4 is 46.7 Å². The van der Waals surface area contributed by atoms with Gasteiger partial charge in [-0.25, -0.2) is 19.9 Å². The lowest BCUT2D eigenvalue weighted by Gasteiger charge is -2.09. The third-order valence-corrected chi connectivity index (χ3v) is 8.22. The number of carbonyl (C=O) groups is 2. The molecule has 0 unspecified atom stereocenters. The lowest BCUT2D eigenvalue weighted by atomic mass is 10.00. The smallest absolute Gasteiger partial charge is 0.253 e. The molecule has 0 spiro atoms. The average Bonchev–Trinajstić information content (AvgIpc) is 3.75.